The maximum Gasteiger partial charge on any atom is 0.220 e. The molecule has 0 aromatic heterocycles. The maximum atomic E-state index is 11.8. The van der Waals surface area contributed by atoms with Crippen molar-refractivity contribution in [3.05, 3.63) is 35.9 Å². The molecule has 0 aliphatic heterocycles. The number of allylic oxidation sites excluding steroid dienone is 2. The molecule has 30 heavy (non-hydrogen) atoms. The van der Waals surface area contributed by atoms with E-state index < -0.39 is 0 Å². The lowest BCUT2D eigenvalue weighted by atomic mass is 9.92. The number of methoxy groups -OCH3 is 1. The molecule has 1 aromatic carbocycles. The van der Waals surface area contributed by atoms with E-state index in [1.165, 1.54) is 64.9 Å². The number of phenolic OH excluding ortho intramolecular Hbond substituents is 1. The third kappa shape index (κ3) is 11.9. The molecule has 1 unspecified atom stereocenters. The molecule has 0 heterocycles. The van der Waals surface area contributed by atoms with Crippen molar-refractivity contribution in [1.29, 1.82) is 0 Å². The number of hydrogen-bond acceptors (Lipinski definition) is 3. The van der Waals surface area contributed by atoms with Crippen LogP contribution in [0.3, 0.4) is 0 Å². The van der Waals surface area contributed by atoms with E-state index in [1.54, 1.807) is 12.1 Å². The standard InChI is InChI=1S/C26H43NO3/c1-3-4-5-6-7-8-9-10-11-12-13-14-15-16-17-23(26(27)29)20-22-18-19-24(28)25(21-22)30-2/h10-11,18-19,21,23,28H,3-9,12-17,20H2,1-2H3,(H2,27,29)/b11-10+. The number of hydrogen-bond donors (Lipinski definition) is 2. The van der Waals surface area contributed by atoms with Gasteiger partial charge < -0.3 is 15.6 Å². The second-order valence-electron chi connectivity index (χ2n) is 8.33. The number of carbonyl (C=O) groups is 1. The Balaban J connectivity index is 2.13. The number of benzene rings is 1. The molecule has 0 saturated heterocycles. The van der Waals surface area contributed by atoms with E-state index >= 15 is 0 Å². The van der Waals surface area contributed by atoms with Crippen molar-refractivity contribution in [2.75, 3.05) is 7.11 Å². The second kappa shape index (κ2) is 16.8. The molecular formula is C26H43NO3. The third-order valence-corrected chi connectivity index (χ3v) is 5.69. The lowest BCUT2D eigenvalue weighted by Gasteiger charge is -2.14. The van der Waals surface area contributed by atoms with Crippen molar-refractivity contribution in [2.24, 2.45) is 11.7 Å². The van der Waals surface area contributed by atoms with Gasteiger partial charge in [-0.2, -0.15) is 0 Å². The molecular weight excluding hydrogens is 374 g/mol. The monoisotopic (exact) mass is 417 g/mol. The first-order valence-corrected chi connectivity index (χ1v) is 11.9. The zero-order valence-corrected chi connectivity index (χ0v) is 19.2. The number of rotatable bonds is 18. The average Bonchev–Trinajstić information content (AvgIpc) is 2.74. The zero-order valence-electron chi connectivity index (χ0n) is 19.2. The van der Waals surface area contributed by atoms with Crippen LogP contribution < -0.4 is 10.5 Å². The molecule has 4 nitrogen and oxygen atoms in total. The predicted molar refractivity (Wildman–Crippen MR) is 126 cm³/mol. The molecule has 1 aromatic rings. The maximum absolute atomic E-state index is 11.8. The molecule has 1 atom stereocenters. The van der Waals surface area contributed by atoms with Gasteiger partial charge in [0.2, 0.25) is 5.91 Å². The Morgan fingerprint density at radius 3 is 2.20 bits per heavy atom. The van der Waals surface area contributed by atoms with Gasteiger partial charge in [-0.25, -0.2) is 0 Å². The minimum Gasteiger partial charge on any atom is -0.504 e. The van der Waals surface area contributed by atoms with Gasteiger partial charge in [-0.3, -0.25) is 4.79 Å². The Labute approximate surface area is 183 Å². The van der Waals surface area contributed by atoms with E-state index in [4.69, 9.17) is 10.5 Å². The summed E-state index contributed by atoms with van der Waals surface area (Å²) < 4.78 is 5.14. The van der Waals surface area contributed by atoms with Gasteiger partial charge in [0.1, 0.15) is 0 Å². The molecule has 170 valence electrons. The summed E-state index contributed by atoms with van der Waals surface area (Å²) in [5.41, 5.74) is 6.57. The van der Waals surface area contributed by atoms with Crippen LogP contribution in [0.4, 0.5) is 0 Å². The van der Waals surface area contributed by atoms with E-state index in [0.717, 1.165) is 31.2 Å². The van der Waals surface area contributed by atoms with E-state index in [0.29, 0.717) is 12.2 Å². The number of amides is 1. The fourth-order valence-corrected chi connectivity index (χ4v) is 3.76. The summed E-state index contributed by atoms with van der Waals surface area (Å²) in [6.45, 7) is 2.26. The van der Waals surface area contributed by atoms with Crippen LogP contribution in [0, 0.1) is 5.92 Å². The van der Waals surface area contributed by atoms with Crippen LogP contribution in [0.15, 0.2) is 30.4 Å². The van der Waals surface area contributed by atoms with Crippen LogP contribution >= 0.6 is 0 Å². The van der Waals surface area contributed by atoms with Crippen molar-refractivity contribution in [3.8, 4) is 11.5 Å². The first kappa shape index (κ1) is 26.1. The summed E-state index contributed by atoms with van der Waals surface area (Å²) in [5.74, 6) is 0.120. The van der Waals surface area contributed by atoms with Gasteiger partial charge in [0, 0.05) is 5.92 Å². The first-order chi connectivity index (χ1) is 14.6. The van der Waals surface area contributed by atoms with Crippen molar-refractivity contribution < 1.29 is 14.6 Å². The molecule has 0 radical (unpaired) electrons. The molecule has 0 saturated carbocycles. The highest BCUT2D eigenvalue weighted by atomic mass is 16.5. The summed E-state index contributed by atoms with van der Waals surface area (Å²) >= 11 is 0. The van der Waals surface area contributed by atoms with Crippen LogP contribution in [-0.2, 0) is 11.2 Å². The minimum atomic E-state index is -0.250. The number of carbonyl (C=O) groups excluding carboxylic acids is 1. The summed E-state index contributed by atoms with van der Waals surface area (Å²) in [5, 5.41) is 9.70. The average molecular weight is 418 g/mol. The summed E-state index contributed by atoms with van der Waals surface area (Å²) in [6, 6.07) is 5.21. The Kier molecular flexibility index (Phi) is 14.6. The normalized spacial score (nSPS) is 12.3. The van der Waals surface area contributed by atoms with Crippen molar-refractivity contribution >= 4 is 5.91 Å². The smallest absolute Gasteiger partial charge is 0.220 e. The van der Waals surface area contributed by atoms with E-state index in [1.807, 2.05) is 6.07 Å². The highest BCUT2D eigenvalue weighted by Crippen LogP contribution is 2.28. The van der Waals surface area contributed by atoms with Gasteiger partial charge in [0.25, 0.3) is 0 Å². The molecule has 0 aliphatic carbocycles. The Morgan fingerprint density at radius 1 is 1.00 bits per heavy atom. The molecule has 1 amide bonds. The number of aromatic hydroxyl groups is 1. The molecule has 1 rings (SSSR count). The van der Waals surface area contributed by atoms with Crippen molar-refractivity contribution in [2.45, 2.75) is 96.8 Å². The van der Waals surface area contributed by atoms with Crippen LogP contribution in [0.25, 0.3) is 0 Å². The van der Waals surface area contributed by atoms with Gasteiger partial charge >= 0.3 is 0 Å². The lowest BCUT2D eigenvalue weighted by Crippen LogP contribution is -2.25. The summed E-state index contributed by atoms with van der Waals surface area (Å²) in [4.78, 5) is 11.8. The Hall–Kier alpha value is -1.97. The van der Waals surface area contributed by atoms with Crippen LogP contribution in [-0.4, -0.2) is 18.1 Å². The fourth-order valence-electron chi connectivity index (χ4n) is 3.76. The zero-order chi connectivity index (χ0) is 22.0. The van der Waals surface area contributed by atoms with Crippen LogP contribution in [0.1, 0.15) is 96.0 Å². The van der Waals surface area contributed by atoms with Crippen LogP contribution in [0.2, 0.25) is 0 Å². The topological polar surface area (TPSA) is 72.6 Å². The first-order valence-electron chi connectivity index (χ1n) is 11.9. The lowest BCUT2D eigenvalue weighted by molar-refractivity contribution is -0.122. The molecule has 0 fully saturated rings. The third-order valence-electron chi connectivity index (χ3n) is 5.69. The van der Waals surface area contributed by atoms with E-state index in [2.05, 4.69) is 19.1 Å². The van der Waals surface area contributed by atoms with Gasteiger partial charge in [0.05, 0.1) is 7.11 Å². The second-order valence-corrected chi connectivity index (χ2v) is 8.33. The van der Waals surface area contributed by atoms with E-state index in [9.17, 15) is 9.90 Å². The summed E-state index contributed by atoms with van der Waals surface area (Å²) in [7, 11) is 1.52. The van der Waals surface area contributed by atoms with Crippen molar-refractivity contribution in [3.63, 3.8) is 0 Å². The largest absolute Gasteiger partial charge is 0.504 e. The van der Waals surface area contributed by atoms with Crippen LogP contribution in [0.5, 0.6) is 11.5 Å². The number of nitrogens with two attached hydrogens (primary N) is 1. The summed E-state index contributed by atoms with van der Waals surface area (Å²) in [6.07, 6.45) is 21.2. The fraction of sp³-hybridized carbons (Fsp3) is 0.654. The number of ether oxygens (including phenoxy) is 1. The number of unbranched alkanes of at least 4 members (excludes halogenated alkanes) is 10. The van der Waals surface area contributed by atoms with Gasteiger partial charge in [0.15, 0.2) is 11.5 Å². The molecule has 0 aliphatic rings. The highest BCUT2D eigenvalue weighted by molar-refractivity contribution is 5.77. The Morgan fingerprint density at radius 2 is 1.60 bits per heavy atom. The van der Waals surface area contributed by atoms with E-state index in [-0.39, 0.29) is 17.6 Å². The van der Waals surface area contributed by atoms with Gasteiger partial charge in [-0.1, -0.05) is 76.5 Å². The quantitative estimate of drug-likeness (QED) is 0.206. The molecule has 0 bridgehead atoms. The molecule has 3 N–H and O–H groups in total. The molecule has 0 spiro atoms. The van der Waals surface area contributed by atoms with Gasteiger partial charge in [-0.15, -0.1) is 0 Å². The minimum absolute atomic E-state index is 0.109. The number of primary amides is 1. The van der Waals surface area contributed by atoms with Crippen molar-refractivity contribution in [1.82, 2.24) is 0 Å². The SMILES string of the molecule is CCCCCCCC/C=C/CCCCCCC(Cc1ccc(O)c(OC)c1)C(N)=O. The predicted octanol–water partition coefficient (Wildman–Crippen LogP) is 6.69. The van der Waals surface area contributed by atoms with Gasteiger partial charge in [-0.05, 0) is 56.2 Å². The number of phenols is 1. The molecule has 4 heteroatoms. The Bertz CT molecular complexity index is 612. The highest BCUT2D eigenvalue weighted by Gasteiger charge is 2.16.